The molecule has 0 aliphatic carbocycles. The molecule has 2 heterocycles. The van der Waals surface area contributed by atoms with Gasteiger partial charge in [-0.05, 0) is 44.4 Å². The summed E-state index contributed by atoms with van der Waals surface area (Å²) in [5, 5.41) is 0.861. The zero-order valence-electron chi connectivity index (χ0n) is 18.1. The summed E-state index contributed by atoms with van der Waals surface area (Å²) in [6.45, 7) is 5.66. The zero-order valence-corrected chi connectivity index (χ0v) is 18.9. The number of para-hydroxylation sites is 1. The first-order valence-corrected chi connectivity index (χ1v) is 11.8. The molecule has 1 aliphatic rings. The van der Waals surface area contributed by atoms with Crippen LogP contribution in [0.1, 0.15) is 26.7 Å². The lowest BCUT2D eigenvalue weighted by molar-refractivity contribution is -0.116. The number of anilines is 1. The quantitative estimate of drug-likeness (QED) is 0.453. The van der Waals surface area contributed by atoms with E-state index in [1.54, 1.807) is 0 Å². The summed E-state index contributed by atoms with van der Waals surface area (Å²) < 4.78 is 8.11. The molecule has 1 fully saturated rings. The number of benzene rings is 2. The molecule has 3 aromatic rings. The molecule has 1 unspecified atom stereocenters. The summed E-state index contributed by atoms with van der Waals surface area (Å²) in [7, 11) is 0. The van der Waals surface area contributed by atoms with Crippen molar-refractivity contribution in [1.29, 1.82) is 0 Å². The van der Waals surface area contributed by atoms with E-state index in [0.29, 0.717) is 5.75 Å². The lowest BCUT2D eigenvalue weighted by Gasteiger charge is -2.27. The molecular weight excluding hydrogens is 406 g/mol. The second-order valence-corrected chi connectivity index (χ2v) is 8.96. The van der Waals surface area contributed by atoms with E-state index < -0.39 is 0 Å². The van der Waals surface area contributed by atoms with Gasteiger partial charge in [0.15, 0.2) is 5.16 Å². The van der Waals surface area contributed by atoms with E-state index in [-0.39, 0.29) is 18.1 Å². The second kappa shape index (κ2) is 10.2. The monoisotopic (exact) mass is 435 g/mol. The fourth-order valence-electron chi connectivity index (χ4n) is 4.00. The van der Waals surface area contributed by atoms with Crippen molar-refractivity contribution in [2.75, 3.05) is 17.3 Å². The summed E-state index contributed by atoms with van der Waals surface area (Å²) in [6.07, 6.45) is 4.27. The van der Waals surface area contributed by atoms with E-state index in [0.717, 1.165) is 48.1 Å². The number of rotatable bonds is 8. The highest BCUT2D eigenvalue weighted by molar-refractivity contribution is 7.99. The van der Waals surface area contributed by atoms with Crippen LogP contribution in [0.3, 0.4) is 0 Å². The molecule has 0 spiro atoms. The Labute approximate surface area is 188 Å². The van der Waals surface area contributed by atoms with E-state index >= 15 is 0 Å². The van der Waals surface area contributed by atoms with E-state index in [9.17, 15) is 4.79 Å². The molecule has 31 heavy (non-hydrogen) atoms. The molecule has 1 aromatic heterocycles. The molecular formula is C25H29N3O2S. The van der Waals surface area contributed by atoms with Crippen molar-refractivity contribution >= 4 is 23.4 Å². The van der Waals surface area contributed by atoms with Crippen LogP contribution in [-0.2, 0) is 16.1 Å². The Bertz CT molecular complexity index is 983. The number of hydrogen-bond acceptors (Lipinski definition) is 4. The molecule has 1 atom stereocenters. The van der Waals surface area contributed by atoms with Gasteiger partial charge in [-0.15, -0.1) is 0 Å². The van der Waals surface area contributed by atoms with Crippen LogP contribution in [-0.4, -0.2) is 40.0 Å². The fourth-order valence-corrected chi connectivity index (χ4v) is 4.84. The van der Waals surface area contributed by atoms with Crippen molar-refractivity contribution in [2.24, 2.45) is 0 Å². The molecule has 5 nitrogen and oxygen atoms in total. The maximum atomic E-state index is 13.1. The number of imidazole rings is 1. The summed E-state index contributed by atoms with van der Waals surface area (Å²) in [5.74, 6) is 0.420. The average molecular weight is 436 g/mol. The first-order chi connectivity index (χ1) is 15.1. The van der Waals surface area contributed by atoms with Crippen LogP contribution in [0.5, 0.6) is 0 Å². The van der Waals surface area contributed by atoms with E-state index in [2.05, 4.69) is 21.7 Å². The predicted molar refractivity (Wildman–Crippen MR) is 126 cm³/mol. The van der Waals surface area contributed by atoms with Gasteiger partial charge in [-0.2, -0.15) is 0 Å². The number of thioether (sulfide) groups is 1. The van der Waals surface area contributed by atoms with Gasteiger partial charge >= 0.3 is 0 Å². The number of carbonyl (C=O) groups excluding carboxylic acids is 1. The zero-order chi connectivity index (χ0) is 21.6. The van der Waals surface area contributed by atoms with Gasteiger partial charge in [0.1, 0.15) is 0 Å². The molecule has 0 bridgehead atoms. The number of carbonyl (C=O) groups is 1. The first kappa shape index (κ1) is 21.7. The van der Waals surface area contributed by atoms with Crippen LogP contribution in [0.4, 0.5) is 5.69 Å². The molecule has 1 amide bonds. The normalized spacial score (nSPS) is 16.0. The van der Waals surface area contributed by atoms with Crippen LogP contribution in [0, 0.1) is 0 Å². The van der Waals surface area contributed by atoms with Crippen LogP contribution in [0.25, 0.3) is 11.3 Å². The SMILES string of the molecule is CC(C)N(C(=O)CSc1ncc(-c2ccccc2)n1CC1CCCO1)c1ccccc1. The minimum atomic E-state index is 0.0825. The molecule has 0 radical (unpaired) electrons. The number of ether oxygens (including phenoxy) is 1. The fraction of sp³-hybridized carbons (Fsp3) is 0.360. The van der Waals surface area contributed by atoms with Crippen molar-refractivity contribution < 1.29 is 9.53 Å². The minimum absolute atomic E-state index is 0.0825. The lowest BCUT2D eigenvalue weighted by Crippen LogP contribution is -2.38. The summed E-state index contributed by atoms with van der Waals surface area (Å²) in [6, 6.07) is 20.2. The number of amides is 1. The van der Waals surface area contributed by atoms with E-state index in [4.69, 9.17) is 4.74 Å². The molecule has 162 valence electrons. The minimum Gasteiger partial charge on any atom is -0.376 e. The molecule has 1 saturated heterocycles. The highest BCUT2D eigenvalue weighted by Crippen LogP contribution is 2.29. The van der Waals surface area contributed by atoms with Crippen LogP contribution < -0.4 is 4.90 Å². The maximum Gasteiger partial charge on any atom is 0.237 e. The lowest BCUT2D eigenvalue weighted by atomic mass is 10.1. The number of aromatic nitrogens is 2. The van der Waals surface area contributed by atoms with Crippen LogP contribution in [0.2, 0.25) is 0 Å². The second-order valence-electron chi connectivity index (χ2n) is 8.02. The predicted octanol–water partition coefficient (Wildman–Crippen LogP) is 5.26. The van der Waals surface area contributed by atoms with E-state index in [1.807, 2.05) is 73.5 Å². The molecule has 0 saturated carbocycles. The third-order valence-corrected chi connectivity index (χ3v) is 6.42. The Morgan fingerprint density at radius 3 is 2.52 bits per heavy atom. The van der Waals surface area contributed by atoms with Crippen molar-refractivity contribution in [2.45, 2.75) is 50.5 Å². The number of hydrogen-bond donors (Lipinski definition) is 0. The molecule has 0 N–H and O–H groups in total. The number of nitrogens with zero attached hydrogens (tertiary/aromatic N) is 3. The van der Waals surface area contributed by atoms with Gasteiger partial charge in [0.2, 0.25) is 5.91 Å². The molecule has 2 aromatic carbocycles. The van der Waals surface area contributed by atoms with Gasteiger partial charge in [-0.3, -0.25) is 4.79 Å². The Morgan fingerprint density at radius 1 is 1.16 bits per heavy atom. The van der Waals surface area contributed by atoms with Gasteiger partial charge in [-0.25, -0.2) is 4.98 Å². The van der Waals surface area contributed by atoms with E-state index in [1.165, 1.54) is 11.8 Å². The van der Waals surface area contributed by atoms with Crippen molar-refractivity contribution in [1.82, 2.24) is 9.55 Å². The highest BCUT2D eigenvalue weighted by atomic mass is 32.2. The summed E-state index contributed by atoms with van der Waals surface area (Å²) in [4.78, 5) is 19.7. The highest BCUT2D eigenvalue weighted by Gasteiger charge is 2.23. The maximum absolute atomic E-state index is 13.1. The molecule has 1 aliphatic heterocycles. The Balaban J connectivity index is 1.54. The smallest absolute Gasteiger partial charge is 0.237 e. The summed E-state index contributed by atoms with van der Waals surface area (Å²) >= 11 is 1.50. The van der Waals surface area contributed by atoms with Gasteiger partial charge in [0.25, 0.3) is 0 Å². The van der Waals surface area contributed by atoms with Gasteiger partial charge in [0, 0.05) is 18.3 Å². The first-order valence-electron chi connectivity index (χ1n) is 10.9. The molecule has 6 heteroatoms. The molecule has 4 rings (SSSR count). The largest absolute Gasteiger partial charge is 0.376 e. The van der Waals surface area contributed by atoms with Crippen molar-refractivity contribution in [3.63, 3.8) is 0 Å². The van der Waals surface area contributed by atoms with Gasteiger partial charge in [0.05, 0.1) is 30.3 Å². The van der Waals surface area contributed by atoms with Crippen LogP contribution >= 0.6 is 11.8 Å². The Hall–Kier alpha value is -2.57. The van der Waals surface area contributed by atoms with Gasteiger partial charge in [-0.1, -0.05) is 60.3 Å². The van der Waals surface area contributed by atoms with Gasteiger partial charge < -0.3 is 14.2 Å². The van der Waals surface area contributed by atoms with Crippen molar-refractivity contribution in [3.8, 4) is 11.3 Å². The third-order valence-electron chi connectivity index (χ3n) is 5.44. The standard InChI is InChI=1S/C25H29N3O2S/c1-19(2)28(21-12-7-4-8-13-21)24(29)18-31-25-26-16-23(20-10-5-3-6-11-20)27(25)17-22-14-9-15-30-22/h3-8,10-13,16,19,22H,9,14-15,17-18H2,1-2H3. The van der Waals surface area contributed by atoms with Crippen LogP contribution in [0.15, 0.2) is 72.0 Å². The third kappa shape index (κ3) is 5.20. The Kier molecular flexibility index (Phi) is 7.10. The average Bonchev–Trinajstić information content (AvgIpc) is 3.44. The topological polar surface area (TPSA) is 47.4 Å². The Morgan fingerprint density at radius 2 is 1.87 bits per heavy atom. The van der Waals surface area contributed by atoms with Crippen molar-refractivity contribution in [3.05, 3.63) is 66.9 Å². The summed E-state index contributed by atoms with van der Waals surface area (Å²) in [5.41, 5.74) is 3.12.